The molecule has 1 aliphatic carbocycles. The van der Waals surface area contributed by atoms with Crippen LogP contribution in [-0.4, -0.2) is 39.4 Å². The quantitative estimate of drug-likeness (QED) is 0.559. The topological polar surface area (TPSA) is 112 Å². The summed E-state index contributed by atoms with van der Waals surface area (Å²) in [6, 6.07) is 0. The number of carbonyl (C=O) groups is 2. The second-order valence-corrected chi connectivity index (χ2v) is 7.81. The molecule has 0 spiro atoms. The van der Waals surface area contributed by atoms with Gasteiger partial charge in [-0.2, -0.15) is 0 Å². The molecule has 19 heavy (non-hydrogen) atoms. The van der Waals surface area contributed by atoms with Crippen molar-refractivity contribution in [1.29, 1.82) is 0 Å². The molecule has 0 amide bonds. The van der Waals surface area contributed by atoms with E-state index >= 15 is 0 Å². The molecule has 0 aromatic heterocycles. The van der Waals surface area contributed by atoms with Crippen LogP contribution in [-0.2, 0) is 14.2 Å². The fourth-order valence-corrected chi connectivity index (χ4v) is 4.04. The van der Waals surface area contributed by atoms with Crippen LogP contribution in [0.1, 0.15) is 32.6 Å². The van der Waals surface area contributed by atoms with Crippen molar-refractivity contribution in [2.45, 2.75) is 32.6 Å². The number of rotatable bonds is 9. The number of unbranched alkanes of at least 4 members (excludes halogenated alkanes) is 1. The number of hydrogen-bond donors (Lipinski definition) is 3. The van der Waals surface area contributed by atoms with E-state index in [9.17, 15) is 19.0 Å². The van der Waals surface area contributed by atoms with Gasteiger partial charge in [-0.1, -0.05) is 13.3 Å². The maximum Gasteiger partial charge on any atom is 0.306 e. The number of carboxylic acids is 2. The van der Waals surface area contributed by atoms with Gasteiger partial charge in [-0.3, -0.25) is 14.2 Å². The molecule has 1 fully saturated rings. The Morgan fingerprint density at radius 2 is 1.95 bits per heavy atom. The first-order valence-corrected chi connectivity index (χ1v) is 8.58. The SMILES string of the molecule is CCCCP(=O)(O)CCC(C(=O)O)C1CC1C(=O)O. The summed E-state index contributed by atoms with van der Waals surface area (Å²) in [5.41, 5.74) is 0. The molecule has 0 aromatic carbocycles. The van der Waals surface area contributed by atoms with Crippen molar-refractivity contribution in [2.75, 3.05) is 12.3 Å². The Bertz CT molecular complexity index is 394. The number of carboxylic acid groups (broad SMARTS) is 2. The molecule has 4 unspecified atom stereocenters. The second kappa shape index (κ2) is 6.53. The van der Waals surface area contributed by atoms with Crippen LogP contribution in [0.15, 0.2) is 0 Å². The molecule has 6 nitrogen and oxygen atoms in total. The molecule has 0 radical (unpaired) electrons. The first-order chi connectivity index (χ1) is 8.78. The van der Waals surface area contributed by atoms with Gasteiger partial charge in [-0.15, -0.1) is 0 Å². The summed E-state index contributed by atoms with van der Waals surface area (Å²) < 4.78 is 11.8. The summed E-state index contributed by atoms with van der Waals surface area (Å²) in [5, 5.41) is 17.9. The molecule has 0 aliphatic heterocycles. The first-order valence-electron chi connectivity index (χ1n) is 6.55. The lowest BCUT2D eigenvalue weighted by Crippen LogP contribution is -2.20. The highest BCUT2D eigenvalue weighted by atomic mass is 31.2. The highest BCUT2D eigenvalue weighted by Crippen LogP contribution is 2.49. The van der Waals surface area contributed by atoms with E-state index in [2.05, 4.69) is 0 Å². The Hall–Kier alpha value is -0.870. The van der Waals surface area contributed by atoms with E-state index in [-0.39, 0.29) is 24.7 Å². The summed E-state index contributed by atoms with van der Waals surface area (Å²) in [5.74, 6) is -3.85. The Kier molecular flexibility index (Phi) is 5.56. The molecule has 0 heterocycles. The molecule has 1 aliphatic rings. The highest BCUT2D eigenvalue weighted by Gasteiger charge is 2.50. The number of hydrogen-bond acceptors (Lipinski definition) is 3. The first kappa shape index (κ1) is 16.2. The normalized spacial score (nSPS) is 26.4. The van der Waals surface area contributed by atoms with Crippen molar-refractivity contribution in [3.05, 3.63) is 0 Å². The van der Waals surface area contributed by atoms with Crippen molar-refractivity contribution in [1.82, 2.24) is 0 Å². The van der Waals surface area contributed by atoms with Crippen LogP contribution in [0.3, 0.4) is 0 Å². The Labute approximate surface area is 112 Å². The maximum atomic E-state index is 11.8. The molecule has 3 N–H and O–H groups in total. The predicted octanol–water partition coefficient (Wildman–Crippen LogP) is 1.87. The van der Waals surface area contributed by atoms with Crippen LogP contribution >= 0.6 is 7.37 Å². The third kappa shape index (κ3) is 4.96. The van der Waals surface area contributed by atoms with Crippen molar-refractivity contribution in [3.8, 4) is 0 Å². The molecule has 0 saturated heterocycles. The van der Waals surface area contributed by atoms with Crippen molar-refractivity contribution in [3.63, 3.8) is 0 Å². The van der Waals surface area contributed by atoms with Gasteiger partial charge >= 0.3 is 11.9 Å². The van der Waals surface area contributed by atoms with Crippen molar-refractivity contribution >= 4 is 19.3 Å². The summed E-state index contributed by atoms with van der Waals surface area (Å²) in [6.07, 6.45) is 2.08. The zero-order chi connectivity index (χ0) is 14.6. The fraction of sp³-hybridized carbons (Fsp3) is 0.833. The standard InChI is InChI=1S/C12H21O6P/c1-2-3-5-19(17,18)6-4-8(11(13)14)9-7-10(9)12(15)16/h8-10H,2-7H2,1H3,(H,13,14)(H,15,16)(H,17,18). The smallest absolute Gasteiger partial charge is 0.306 e. The van der Waals surface area contributed by atoms with E-state index in [1.807, 2.05) is 6.92 Å². The van der Waals surface area contributed by atoms with Crippen molar-refractivity contribution in [2.24, 2.45) is 17.8 Å². The van der Waals surface area contributed by atoms with Gasteiger partial charge in [0.25, 0.3) is 0 Å². The lowest BCUT2D eigenvalue weighted by Gasteiger charge is -2.15. The van der Waals surface area contributed by atoms with Gasteiger partial charge in [0.05, 0.1) is 11.8 Å². The molecule has 0 bridgehead atoms. The summed E-state index contributed by atoms with van der Waals surface area (Å²) in [4.78, 5) is 31.6. The van der Waals surface area contributed by atoms with Gasteiger partial charge in [0.2, 0.25) is 7.37 Å². The van der Waals surface area contributed by atoms with E-state index in [0.717, 1.165) is 6.42 Å². The van der Waals surface area contributed by atoms with Crippen LogP contribution < -0.4 is 0 Å². The molecule has 1 saturated carbocycles. The van der Waals surface area contributed by atoms with Gasteiger partial charge in [0.15, 0.2) is 0 Å². The summed E-state index contributed by atoms with van der Waals surface area (Å²) in [6.45, 7) is 1.92. The number of aliphatic carboxylic acids is 2. The molecule has 7 heteroatoms. The predicted molar refractivity (Wildman–Crippen MR) is 69.4 cm³/mol. The van der Waals surface area contributed by atoms with Crippen LogP contribution in [0.2, 0.25) is 0 Å². The van der Waals surface area contributed by atoms with Crippen LogP contribution in [0.5, 0.6) is 0 Å². The summed E-state index contributed by atoms with van der Waals surface area (Å²) >= 11 is 0. The lowest BCUT2D eigenvalue weighted by molar-refractivity contribution is -0.143. The highest BCUT2D eigenvalue weighted by molar-refractivity contribution is 7.57. The third-order valence-corrected chi connectivity index (χ3v) is 5.61. The Morgan fingerprint density at radius 3 is 2.37 bits per heavy atom. The largest absolute Gasteiger partial charge is 0.481 e. The average molecular weight is 292 g/mol. The minimum atomic E-state index is -3.27. The van der Waals surface area contributed by atoms with Gasteiger partial charge in [0, 0.05) is 12.3 Å². The van der Waals surface area contributed by atoms with Crippen molar-refractivity contribution < 1.29 is 29.3 Å². The Balaban J connectivity index is 2.50. The molecular weight excluding hydrogens is 271 g/mol. The van der Waals surface area contributed by atoms with E-state index in [1.54, 1.807) is 0 Å². The van der Waals surface area contributed by atoms with Crippen LogP contribution in [0.4, 0.5) is 0 Å². The molecule has 110 valence electrons. The van der Waals surface area contributed by atoms with E-state index in [1.165, 1.54) is 0 Å². The van der Waals surface area contributed by atoms with Gasteiger partial charge in [-0.25, -0.2) is 0 Å². The minimum Gasteiger partial charge on any atom is -0.481 e. The third-order valence-electron chi connectivity index (χ3n) is 3.64. The van der Waals surface area contributed by atoms with Crippen LogP contribution in [0, 0.1) is 17.8 Å². The summed E-state index contributed by atoms with van der Waals surface area (Å²) in [7, 11) is -3.27. The zero-order valence-corrected chi connectivity index (χ0v) is 11.9. The second-order valence-electron chi connectivity index (χ2n) is 5.22. The van der Waals surface area contributed by atoms with Crippen LogP contribution in [0.25, 0.3) is 0 Å². The molecule has 4 atom stereocenters. The average Bonchev–Trinajstić information content (AvgIpc) is 3.06. The fourth-order valence-electron chi connectivity index (χ4n) is 2.32. The van der Waals surface area contributed by atoms with E-state index in [0.29, 0.717) is 12.8 Å². The van der Waals surface area contributed by atoms with Gasteiger partial charge in [0.1, 0.15) is 0 Å². The molecule has 0 aromatic rings. The monoisotopic (exact) mass is 292 g/mol. The Morgan fingerprint density at radius 1 is 1.32 bits per heavy atom. The maximum absolute atomic E-state index is 11.8. The van der Waals surface area contributed by atoms with E-state index in [4.69, 9.17) is 10.2 Å². The minimum absolute atomic E-state index is 0.0349. The van der Waals surface area contributed by atoms with Gasteiger partial charge < -0.3 is 15.1 Å². The van der Waals surface area contributed by atoms with Gasteiger partial charge in [-0.05, 0) is 25.2 Å². The molecular formula is C12H21O6P. The van der Waals surface area contributed by atoms with E-state index < -0.39 is 31.1 Å². The zero-order valence-electron chi connectivity index (χ0n) is 11.0. The molecule has 1 rings (SSSR count). The lowest BCUT2D eigenvalue weighted by atomic mass is 9.99.